The summed E-state index contributed by atoms with van der Waals surface area (Å²) < 4.78 is 10.7. The summed E-state index contributed by atoms with van der Waals surface area (Å²) in [5.74, 6) is 2.48. The number of hydrogen-bond acceptors (Lipinski definition) is 4. The van der Waals surface area contributed by atoms with Gasteiger partial charge in [0.25, 0.3) is 0 Å². The van der Waals surface area contributed by atoms with E-state index in [1.165, 1.54) is 0 Å². The van der Waals surface area contributed by atoms with Gasteiger partial charge in [-0.25, -0.2) is 0 Å². The largest absolute Gasteiger partial charge is 0.497 e. The lowest BCUT2D eigenvalue weighted by molar-refractivity contribution is 0.382. The van der Waals surface area contributed by atoms with E-state index in [0.29, 0.717) is 11.8 Å². The van der Waals surface area contributed by atoms with Crippen molar-refractivity contribution in [1.82, 2.24) is 10.2 Å². The van der Waals surface area contributed by atoms with Crippen molar-refractivity contribution in [3.63, 3.8) is 0 Å². The first kappa shape index (κ1) is 18.5. The molecule has 1 N–H and O–H groups in total. The van der Waals surface area contributed by atoms with Gasteiger partial charge in [0, 0.05) is 44.1 Å². The first-order chi connectivity index (χ1) is 10.5. The van der Waals surface area contributed by atoms with Crippen LogP contribution in [0.3, 0.4) is 0 Å². The van der Waals surface area contributed by atoms with E-state index in [-0.39, 0.29) is 0 Å². The number of guanidine groups is 1. The molecular weight excluding hydrogens is 298 g/mol. The highest BCUT2D eigenvalue weighted by Gasteiger charge is 2.12. The second-order valence-corrected chi connectivity index (χ2v) is 6.28. The van der Waals surface area contributed by atoms with E-state index in [2.05, 4.69) is 28.4 Å². The molecule has 0 aliphatic carbocycles. The number of nitrogens with one attached hydrogen (secondary N) is 1. The highest BCUT2D eigenvalue weighted by molar-refractivity contribution is 7.99. The maximum Gasteiger partial charge on any atom is 0.193 e. The van der Waals surface area contributed by atoms with E-state index in [1.54, 1.807) is 21.3 Å². The summed E-state index contributed by atoms with van der Waals surface area (Å²) in [7, 11) is 7.14. The number of hydrogen-bond donors (Lipinski definition) is 1. The lowest BCUT2D eigenvalue weighted by Gasteiger charge is -2.24. The molecule has 1 rings (SSSR count). The molecule has 0 radical (unpaired) electrons. The van der Waals surface area contributed by atoms with Crippen LogP contribution in [-0.4, -0.2) is 57.2 Å². The van der Waals surface area contributed by atoms with Crippen LogP contribution in [0.15, 0.2) is 23.2 Å². The standard InChI is InChI=1S/C16H27N3O2S/c1-12(22-6)10-18-16(17-2)19(3)11-13-7-8-14(20-4)9-15(13)21-5/h7-9,12H,10-11H2,1-6H3,(H,17,18). The first-order valence-corrected chi connectivity index (χ1v) is 8.50. The summed E-state index contributed by atoms with van der Waals surface area (Å²) in [6, 6.07) is 5.86. The molecule has 0 aliphatic rings. The molecule has 0 saturated carbocycles. The Hall–Kier alpha value is -1.56. The van der Waals surface area contributed by atoms with Crippen molar-refractivity contribution in [2.45, 2.75) is 18.7 Å². The Kier molecular flexibility index (Phi) is 7.95. The predicted octanol–water partition coefficient (Wildman–Crippen LogP) is 2.46. The molecular formula is C16H27N3O2S. The fourth-order valence-electron chi connectivity index (χ4n) is 2.02. The van der Waals surface area contributed by atoms with E-state index in [1.807, 2.05) is 37.0 Å². The first-order valence-electron chi connectivity index (χ1n) is 7.21. The second-order valence-electron chi connectivity index (χ2n) is 5.01. The van der Waals surface area contributed by atoms with Crippen LogP contribution in [0.5, 0.6) is 11.5 Å². The molecule has 1 atom stereocenters. The molecule has 5 nitrogen and oxygen atoms in total. The molecule has 0 fully saturated rings. The third-order valence-electron chi connectivity index (χ3n) is 3.43. The fraction of sp³-hybridized carbons (Fsp3) is 0.562. The van der Waals surface area contributed by atoms with Crippen molar-refractivity contribution in [2.75, 3.05) is 41.1 Å². The monoisotopic (exact) mass is 325 g/mol. The number of methoxy groups -OCH3 is 2. The van der Waals surface area contributed by atoms with Gasteiger partial charge in [-0.1, -0.05) is 6.92 Å². The van der Waals surface area contributed by atoms with Crippen LogP contribution in [0.2, 0.25) is 0 Å². The predicted molar refractivity (Wildman–Crippen MR) is 95.4 cm³/mol. The molecule has 0 saturated heterocycles. The van der Waals surface area contributed by atoms with Crippen molar-refractivity contribution < 1.29 is 9.47 Å². The van der Waals surface area contributed by atoms with Crippen molar-refractivity contribution in [3.05, 3.63) is 23.8 Å². The summed E-state index contributed by atoms with van der Waals surface area (Å²) >= 11 is 1.83. The van der Waals surface area contributed by atoms with Crippen LogP contribution < -0.4 is 14.8 Å². The summed E-state index contributed by atoms with van der Waals surface area (Å²) in [4.78, 5) is 6.42. The normalized spacial score (nSPS) is 12.7. The third-order valence-corrected chi connectivity index (χ3v) is 4.40. The number of aliphatic imine (C=N–C) groups is 1. The van der Waals surface area contributed by atoms with Crippen molar-refractivity contribution in [1.29, 1.82) is 0 Å². The average Bonchev–Trinajstić information content (AvgIpc) is 2.55. The molecule has 124 valence electrons. The summed E-state index contributed by atoms with van der Waals surface area (Å²) in [6.07, 6.45) is 2.11. The smallest absolute Gasteiger partial charge is 0.193 e. The number of benzene rings is 1. The molecule has 0 amide bonds. The zero-order valence-electron chi connectivity index (χ0n) is 14.3. The molecule has 1 unspecified atom stereocenters. The molecule has 22 heavy (non-hydrogen) atoms. The average molecular weight is 325 g/mol. The van der Waals surface area contributed by atoms with Gasteiger partial charge in [-0.15, -0.1) is 0 Å². The van der Waals surface area contributed by atoms with E-state index < -0.39 is 0 Å². The van der Waals surface area contributed by atoms with Gasteiger partial charge < -0.3 is 19.7 Å². The Morgan fingerprint density at radius 2 is 2.09 bits per heavy atom. The lowest BCUT2D eigenvalue weighted by Crippen LogP contribution is -2.40. The molecule has 1 aromatic rings. The van der Waals surface area contributed by atoms with Gasteiger partial charge in [-0.05, 0) is 18.4 Å². The molecule has 1 aromatic carbocycles. The van der Waals surface area contributed by atoms with Gasteiger partial charge in [-0.3, -0.25) is 4.99 Å². The topological polar surface area (TPSA) is 46.1 Å². The lowest BCUT2D eigenvalue weighted by atomic mass is 10.2. The van der Waals surface area contributed by atoms with Crippen molar-refractivity contribution in [3.8, 4) is 11.5 Å². The molecule has 0 heterocycles. The van der Waals surface area contributed by atoms with Crippen LogP contribution >= 0.6 is 11.8 Å². The van der Waals surface area contributed by atoms with Gasteiger partial charge in [-0.2, -0.15) is 11.8 Å². The number of thioether (sulfide) groups is 1. The quantitative estimate of drug-likeness (QED) is 0.616. The Balaban J connectivity index is 2.75. The van der Waals surface area contributed by atoms with Crippen molar-refractivity contribution in [2.24, 2.45) is 4.99 Å². The van der Waals surface area contributed by atoms with Gasteiger partial charge in [0.1, 0.15) is 11.5 Å². The zero-order valence-corrected chi connectivity index (χ0v) is 15.2. The van der Waals surface area contributed by atoms with Crippen LogP contribution in [0.1, 0.15) is 12.5 Å². The second kappa shape index (κ2) is 9.46. The van der Waals surface area contributed by atoms with Crippen LogP contribution in [0, 0.1) is 0 Å². The number of ether oxygens (including phenoxy) is 2. The number of nitrogens with zero attached hydrogens (tertiary/aromatic N) is 2. The maximum absolute atomic E-state index is 5.45. The van der Waals surface area contributed by atoms with Crippen LogP contribution in [0.4, 0.5) is 0 Å². The minimum atomic E-state index is 0.542. The van der Waals surface area contributed by atoms with Gasteiger partial charge in [0.15, 0.2) is 5.96 Å². The Labute approximate surface area is 138 Å². The van der Waals surface area contributed by atoms with Crippen LogP contribution in [-0.2, 0) is 6.54 Å². The SMILES string of the molecule is CN=C(NCC(C)SC)N(C)Cc1ccc(OC)cc1OC. The number of rotatable bonds is 7. The molecule has 6 heteroatoms. The highest BCUT2D eigenvalue weighted by Crippen LogP contribution is 2.25. The molecule has 0 aliphatic heterocycles. The van der Waals surface area contributed by atoms with Crippen LogP contribution in [0.25, 0.3) is 0 Å². The van der Waals surface area contributed by atoms with E-state index in [0.717, 1.165) is 29.6 Å². The molecule has 0 aromatic heterocycles. The van der Waals surface area contributed by atoms with E-state index in [4.69, 9.17) is 9.47 Å². The molecule has 0 bridgehead atoms. The Morgan fingerprint density at radius 3 is 2.64 bits per heavy atom. The summed E-state index contributed by atoms with van der Waals surface area (Å²) in [5.41, 5.74) is 1.09. The van der Waals surface area contributed by atoms with E-state index in [9.17, 15) is 0 Å². The summed E-state index contributed by atoms with van der Waals surface area (Å²) in [6.45, 7) is 3.79. The van der Waals surface area contributed by atoms with Crippen molar-refractivity contribution >= 4 is 17.7 Å². The Morgan fingerprint density at radius 1 is 1.36 bits per heavy atom. The van der Waals surface area contributed by atoms with Gasteiger partial charge in [0.2, 0.25) is 0 Å². The van der Waals surface area contributed by atoms with E-state index >= 15 is 0 Å². The molecule has 0 spiro atoms. The zero-order chi connectivity index (χ0) is 16.5. The Bertz CT molecular complexity index is 494. The van der Waals surface area contributed by atoms with Gasteiger partial charge in [0.05, 0.1) is 14.2 Å². The van der Waals surface area contributed by atoms with Gasteiger partial charge >= 0.3 is 0 Å². The highest BCUT2D eigenvalue weighted by atomic mass is 32.2. The summed E-state index contributed by atoms with van der Waals surface area (Å²) in [5, 5.41) is 3.93. The minimum absolute atomic E-state index is 0.542. The third kappa shape index (κ3) is 5.33. The maximum atomic E-state index is 5.45. The fourth-order valence-corrected chi connectivity index (χ4v) is 2.27. The minimum Gasteiger partial charge on any atom is -0.497 e.